The second-order valence-corrected chi connectivity index (χ2v) is 5.02. The number of nitrogens with zero attached hydrogens (tertiary/aromatic N) is 1. The van der Waals surface area contributed by atoms with E-state index < -0.39 is 7.12 Å². The fourth-order valence-electron chi connectivity index (χ4n) is 2.03. The highest BCUT2D eigenvalue weighted by Crippen LogP contribution is 2.19. The molecule has 1 aromatic carbocycles. The molecule has 1 rings (SSSR count). The minimum Gasteiger partial charge on any atom is -0.489 e. The molecule has 0 spiro atoms. The average molecular weight is 275 g/mol. The molecule has 2 N–H and O–H groups in total. The van der Waals surface area contributed by atoms with E-state index in [9.17, 15) is 0 Å². The van der Waals surface area contributed by atoms with Crippen LogP contribution in [0.15, 0.2) is 18.2 Å². The molecule has 20 heavy (non-hydrogen) atoms. The van der Waals surface area contributed by atoms with Crippen molar-refractivity contribution >= 4 is 12.6 Å². The monoisotopic (exact) mass is 275 g/mol. The Balaban J connectivity index is 2.61. The first-order valence-corrected chi connectivity index (χ1v) is 7.15. The molecule has 5 heteroatoms. The van der Waals surface area contributed by atoms with E-state index in [1.165, 1.54) is 25.3 Å². The summed E-state index contributed by atoms with van der Waals surface area (Å²) < 4.78 is 5.77. The van der Waals surface area contributed by atoms with Gasteiger partial charge in [0.1, 0.15) is 11.8 Å². The Bertz CT molecular complexity index is 457. The predicted octanol–water partition coefficient (Wildman–Crippen LogP) is 1.98. The van der Waals surface area contributed by atoms with Crippen LogP contribution in [0.5, 0.6) is 5.75 Å². The molecule has 0 aliphatic rings. The van der Waals surface area contributed by atoms with E-state index in [-0.39, 0.29) is 6.10 Å². The summed E-state index contributed by atoms with van der Waals surface area (Å²) in [5.74, 6) is 0.500. The van der Waals surface area contributed by atoms with Crippen LogP contribution in [-0.2, 0) is 0 Å². The van der Waals surface area contributed by atoms with Crippen molar-refractivity contribution in [3.05, 3.63) is 23.8 Å². The van der Waals surface area contributed by atoms with Crippen LogP contribution in [0, 0.1) is 11.3 Å². The Labute approximate surface area is 121 Å². The maximum atomic E-state index is 9.09. The molecule has 0 fully saturated rings. The molecule has 4 nitrogen and oxygen atoms in total. The van der Waals surface area contributed by atoms with Crippen molar-refractivity contribution in [1.29, 1.82) is 5.26 Å². The SMILES string of the molecule is CCCCCC[C@@H](C)Oc1ccc(B(O)O)cc1C#N. The molecule has 0 unspecified atom stereocenters. The van der Waals surface area contributed by atoms with E-state index in [4.69, 9.17) is 20.0 Å². The Kier molecular flexibility index (Phi) is 7.14. The van der Waals surface area contributed by atoms with Crippen molar-refractivity contribution in [2.75, 3.05) is 0 Å². The van der Waals surface area contributed by atoms with Gasteiger partial charge < -0.3 is 14.8 Å². The van der Waals surface area contributed by atoms with Gasteiger partial charge in [-0.05, 0) is 37.4 Å². The standard InChI is InChI=1S/C15H22BNO3/c1-3-4-5-6-7-12(2)20-15-9-8-14(16(18)19)10-13(15)11-17/h8-10,12,18-19H,3-7H2,1-2H3/t12-/m1/s1. The lowest BCUT2D eigenvalue weighted by atomic mass is 9.79. The minimum absolute atomic E-state index is 0.0452. The summed E-state index contributed by atoms with van der Waals surface area (Å²) in [4.78, 5) is 0. The first kappa shape index (κ1) is 16.5. The molecule has 0 heterocycles. The van der Waals surface area contributed by atoms with E-state index in [1.807, 2.05) is 13.0 Å². The number of nitriles is 1. The van der Waals surface area contributed by atoms with E-state index in [0.717, 1.165) is 12.8 Å². The molecule has 0 saturated heterocycles. The van der Waals surface area contributed by atoms with Gasteiger partial charge in [-0.15, -0.1) is 0 Å². The summed E-state index contributed by atoms with van der Waals surface area (Å²) in [5.41, 5.74) is 0.625. The third-order valence-electron chi connectivity index (χ3n) is 3.21. The number of hydrogen-bond donors (Lipinski definition) is 2. The van der Waals surface area contributed by atoms with Crippen LogP contribution in [0.1, 0.15) is 51.5 Å². The summed E-state index contributed by atoms with van der Waals surface area (Å²) >= 11 is 0. The molecule has 0 radical (unpaired) electrons. The highest BCUT2D eigenvalue weighted by molar-refractivity contribution is 6.58. The van der Waals surface area contributed by atoms with Gasteiger partial charge in [0, 0.05) is 0 Å². The Morgan fingerprint density at radius 3 is 2.65 bits per heavy atom. The van der Waals surface area contributed by atoms with Crippen molar-refractivity contribution in [3.63, 3.8) is 0 Å². The van der Waals surface area contributed by atoms with Crippen LogP contribution in [-0.4, -0.2) is 23.3 Å². The van der Waals surface area contributed by atoms with Crippen LogP contribution in [0.4, 0.5) is 0 Å². The van der Waals surface area contributed by atoms with E-state index in [1.54, 1.807) is 12.1 Å². The van der Waals surface area contributed by atoms with E-state index >= 15 is 0 Å². The summed E-state index contributed by atoms with van der Waals surface area (Å²) in [7, 11) is -1.57. The van der Waals surface area contributed by atoms with Gasteiger partial charge in [0.15, 0.2) is 0 Å². The van der Waals surface area contributed by atoms with Crippen molar-refractivity contribution in [2.24, 2.45) is 0 Å². The third kappa shape index (κ3) is 5.24. The minimum atomic E-state index is -1.57. The molecule has 0 aromatic heterocycles. The van der Waals surface area contributed by atoms with E-state index in [0.29, 0.717) is 16.8 Å². The summed E-state index contributed by atoms with van der Waals surface area (Å²) in [6.07, 6.45) is 5.76. The van der Waals surface area contributed by atoms with Gasteiger partial charge in [-0.1, -0.05) is 32.3 Å². The lowest BCUT2D eigenvalue weighted by Crippen LogP contribution is -2.30. The maximum Gasteiger partial charge on any atom is 0.488 e. The highest BCUT2D eigenvalue weighted by atomic mass is 16.5. The zero-order valence-corrected chi connectivity index (χ0v) is 12.2. The normalized spacial score (nSPS) is 11.8. The third-order valence-corrected chi connectivity index (χ3v) is 3.21. The predicted molar refractivity (Wildman–Crippen MR) is 79.8 cm³/mol. The second-order valence-electron chi connectivity index (χ2n) is 5.02. The average Bonchev–Trinajstić information content (AvgIpc) is 2.43. The van der Waals surface area contributed by atoms with Crippen molar-refractivity contribution in [3.8, 4) is 11.8 Å². The zero-order chi connectivity index (χ0) is 15.0. The van der Waals surface area contributed by atoms with Gasteiger partial charge in [0.05, 0.1) is 11.7 Å². The molecular formula is C15H22BNO3. The van der Waals surface area contributed by atoms with Gasteiger partial charge in [0.25, 0.3) is 0 Å². The van der Waals surface area contributed by atoms with Gasteiger partial charge in [0.2, 0.25) is 0 Å². The van der Waals surface area contributed by atoms with Crippen LogP contribution < -0.4 is 10.2 Å². The fourth-order valence-corrected chi connectivity index (χ4v) is 2.03. The van der Waals surface area contributed by atoms with Gasteiger partial charge in [-0.3, -0.25) is 0 Å². The largest absolute Gasteiger partial charge is 0.489 e. The number of rotatable bonds is 8. The quantitative estimate of drug-likeness (QED) is 0.562. The van der Waals surface area contributed by atoms with Crippen molar-refractivity contribution < 1.29 is 14.8 Å². The molecule has 0 aliphatic carbocycles. The van der Waals surface area contributed by atoms with Crippen LogP contribution in [0.2, 0.25) is 0 Å². The molecule has 1 aromatic rings. The van der Waals surface area contributed by atoms with Crippen molar-refractivity contribution in [2.45, 2.75) is 52.1 Å². The van der Waals surface area contributed by atoms with Crippen LogP contribution in [0.3, 0.4) is 0 Å². The van der Waals surface area contributed by atoms with Crippen molar-refractivity contribution in [1.82, 2.24) is 0 Å². The molecular weight excluding hydrogens is 253 g/mol. The van der Waals surface area contributed by atoms with Gasteiger partial charge in [-0.2, -0.15) is 5.26 Å². The topological polar surface area (TPSA) is 73.5 Å². The first-order valence-electron chi connectivity index (χ1n) is 7.15. The smallest absolute Gasteiger partial charge is 0.488 e. The Hall–Kier alpha value is -1.51. The summed E-state index contributed by atoms with van der Waals surface area (Å²) in [6, 6.07) is 6.65. The Morgan fingerprint density at radius 2 is 2.05 bits per heavy atom. The Morgan fingerprint density at radius 1 is 1.30 bits per heavy atom. The number of benzene rings is 1. The molecule has 1 atom stereocenters. The summed E-state index contributed by atoms with van der Waals surface area (Å²) in [6.45, 7) is 4.16. The second kappa shape index (κ2) is 8.62. The molecule has 0 aliphatic heterocycles. The zero-order valence-electron chi connectivity index (χ0n) is 12.2. The maximum absolute atomic E-state index is 9.09. The number of hydrogen-bond acceptors (Lipinski definition) is 4. The van der Waals surface area contributed by atoms with E-state index in [2.05, 4.69) is 6.92 Å². The summed E-state index contributed by atoms with van der Waals surface area (Å²) in [5, 5.41) is 27.3. The van der Waals surface area contributed by atoms with Crippen LogP contribution >= 0.6 is 0 Å². The fraction of sp³-hybridized carbons (Fsp3) is 0.533. The van der Waals surface area contributed by atoms with Gasteiger partial charge in [-0.25, -0.2) is 0 Å². The van der Waals surface area contributed by atoms with Crippen LogP contribution in [0.25, 0.3) is 0 Å². The molecule has 108 valence electrons. The molecule has 0 bridgehead atoms. The lowest BCUT2D eigenvalue weighted by Gasteiger charge is -2.16. The molecule has 0 amide bonds. The van der Waals surface area contributed by atoms with Gasteiger partial charge >= 0.3 is 7.12 Å². The molecule has 0 saturated carbocycles. The lowest BCUT2D eigenvalue weighted by molar-refractivity contribution is 0.206. The first-order chi connectivity index (χ1) is 9.58. The number of ether oxygens (including phenoxy) is 1. The highest BCUT2D eigenvalue weighted by Gasteiger charge is 2.15. The number of unbranched alkanes of at least 4 members (excludes halogenated alkanes) is 3.